The minimum Gasteiger partial charge on any atom is -0.454 e. The van der Waals surface area contributed by atoms with Crippen molar-refractivity contribution < 1.29 is 4.74 Å². The maximum atomic E-state index is 12.1. The SMILES string of the molecule is CCc1ccnc2ccc(Oc3c(Cl)cc(-n4nc(C#N)c(=O)[nH]c4=O)cc3Cl)cc12. The van der Waals surface area contributed by atoms with Crippen LogP contribution in [0.4, 0.5) is 0 Å². The Morgan fingerprint density at radius 2 is 1.90 bits per heavy atom. The zero-order valence-corrected chi connectivity index (χ0v) is 17.5. The number of H-pyrrole nitrogens is 1. The molecule has 2 heterocycles. The summed E-state index contributed by atoms with van der Waals surface area (Å²) in [6.45, 7) is 2.05. The Balaban J connectivity index is 1.76. The van der Waals surface area contributed by atoms with E-state index in [2.05, 4.69) is 17.0 Å². The highest BCUT2D eigenvalue weighted by atomic mass is 35.5. The van der Waals surface area contributed by atoms with Crippen molar-refractivity contribution >= 4 is 34.1 Å². The van der Waals surface area contributed by atoms with E-state index < -0.39 is 16.9 Å². The van der Waals surface area contributed by atoms with Crippen LogP contribution in [0.2, 0.25) is 10.0 Å². The summed E-state index contributed by atoms with van der Waals surface area (Å²) in [6.07, 6.45) is 2.60. The second-order valence-corrected chi connectivity index (χ2v) is 7.29. The lowest BCUT2D eigenvalue weighted by molar-refractivity contribution is 0.483. The summed E-state index contributed by atoms with van der Waals surface area (Å²) in [5.41, 5.74) is -0.0484. The molecule has 0 saturated heterocycles. The highest BCUT2D eigenvalue weighted by Crippen LogP contribution is 2.38. The molecule has 4 rings (SSSR count). The zero-order chi connectivity index (χ0) is 22.1. The molecule has 0 atom stereocenters. The van der Waals surface area contributed by atoms with Crippen LogP contribution in [0.3, 0.4) is 0 Å². The number of ether oxygens (including phenoxy) is 1. The van der Waals surface area contributed by atoms with Gasteiger partial charge in [-0.2, -0.15) is 9.94 Å². The normalized spacial score (nSPS) is 10.8. The van der Waals surface area contributed by atoms with Gasteiger partial charge in [-0.05, 0) is 48.4 Å². The molecule has 2 aromatic heterocycles. The quantitative estimate of drug-likeness (QED) is 0.499. The number of hydrogen-bond donors (Lipinski definition) is 1. The summed E-state index contributed by atoms with van der Waals surface area (Å²) in [6, 6.07) is 11.8. The van der Waals surface area contributed by atoms with Gasteiger partial charge in [0.15, 0.2) is 5.75 Å². The number of nitriles is 1. The van der Waals surface area contributed by atoms with Crippen molar-refractivity contribution in [3.05, 3.63) is 84.7 Å². The van der Waals surface area contributed by atoms with E-state index in [1.165, 1.54) is 12.1 Å². The van der Waals surface area contributed by atoms with Crippen LogP contribution in [0.25, 0.3) is 16.6 Å². The number of fused-ring (bicyclic) bond motifs is 1. The molecule has 4 aromatic rings. The van der Waals surface area contributed by atoms with Crippen molar-refractivity contribution in [2.24, 2.45) is 0 Å². The van der Waals surface area contributed by atoms with Gasteiger partial charge in [0, 0.05) is 11.6 Å². The third-order valence-electron chi connectivity index (χ3n) is 4.57. The predicted molar refractivity (Wildman–Crippen MR) is 116 cm³/mol. The second-order valence-electron chi connectivity index (χ2n) is 6.47. The van der Waals surface area contributed by atoms with Gasteiger partial charge in [-0.15, -0.1) is 5.10 Å². The molecular formula is C21H13Cl2N5O3. The lowest BCUT2D eigenvalue weighted by Gasteiger charge is -2.13. The number of aryl methyl sites for hydroxylation is 1. The van der Waals surface area contributed by atoms with Crippen LogP contribution in [0.5, 0.6) is 11.5 Å². The average molecular weight is 454 g/mol. The monoisotopic (exact) mass is 453 g/mol. The largest absolute Gasteiger partial charge is 0.454 e. The first-order valence-electron chi connectivity index (χ1n) is 9.10. The molecule has 0 saturated carbocycles. The molecule has 1 N–H and O–H groups in total. The second kappa shape index (κ2) is 8.22. The van der Waals surface area contributed by atoms with E-state index in [0.29, 0.717) is 5.75 Å². The van der Waals surface area contributed by atoms with Gasteiger partial charge >= 0.3 is 5.69 Å². The van der Waals surface area contributed by atoms with Gasteiger partial charge in [-0.1, -0.05) is 30.1 Å². The maximum Gasteiger partial charge on any atom is 0.349 e. The first-order chi connectivity index (χ1) is 14.9. The van der Waals surface area contributed by atoms with Crippen LogP contribution in [-0.2, 0) is 6.42 Å². The van der Waals surface area contributed by atoms with Gasteiger partial charge < -0.3 is 4.74 Å². The molecule has 0 aliphatic rings. The summed E-state index contributed by atoms with van der Waals surface area (Å²) < 4.78 is 6.75. The molecule has 154 valence electrons. The fraction of sp³-hybridized carbons (Fsp3) is 0.0952. The Morgan fingerprint density at radius 1 is 1.16 bits per heavy atom. The third-order valence-corrected chi connectivity index (χ3v) is 5.13. The standard InChI is InChI=1S/C21H13Cl2N5O3/c1-2-11-5-6-25-17-4-3-13(9-14(11)17)31-19-15(22)7-12(8-16(19)23)28-21(30)26-20(29)18(10-24)27-28/h3-9H,2H2,1H3,(H,26,29,30). The number of aromatic amines is 1. The molecule has 0 unspecified atom stereocenters. The summed E-state index contributed by atoms with van der Waals surface area (Å²) in [4.78, 5) is 30.0. The molecule has 31 heavy (non-hydrogen) atoms. The molecule has 0 bridgehead atoms. The van der Waals surface area contributed by atoms with Crippen LogP contribution in [0.1, 0.15) is 18.2 Å². The number of nitrogens with zero attached hydrogens (tertiary/aromatic N) is 4. The minimum absolute atomic E-state index is 0.114. The lowest BCUT2D eigenvalue weighted by atomic mass is 10.1. The van der Waals surface area contributed by atoms with Crippen LogP contribution in [0, 0.1) is 11.3 Å². The molecule has 8 nitrogen and oxygen atoms in total. The van der Waals surface area contributed by atoms with Crippen molar-refractivity contribution in [1.82, 2.24) is 19.7 Å². The fourth-order valence-electron chi connectivity index (χ4n) is 3.09. The van der Waals surface area contributed by atoms with Crippen LogP contribution in [-0.4, -0.2) is 19.7 Å². The van der Waals surface area contributed by atoms with Crippen LogP contribution >= 0.6 is 23.2 Å². The van der Waals surface area contributed by atoms with Crippen molar-refractivity contribution in [1.29, 1.82) is 5.26 Å². The molecule has 0 amide bonds. The maximum absolute atomic E-state index is 12.1. The molecule has 0 aliphatic heterocycles. The minimum atomic E-state index is -0.877. The number of rotatable bonds is 4. The topological polar surface area (TPSA) is 114 Å². The Kier molecular flexibility index (Phi) is 5.46. The first kappa shape index (κ1) is 20.6. The Bertz CT molecular complexity index is 1460. The van der Waals surface area contributed by atoms with Gasteiger partial charge in [0.05, 0.1) is 21.2 Å². The number of benzene rings is 2. The Labute approximate surface area is 185 Å². The smallest absolute Gasteiger partial charge is 0.349 e. The fourth-order valence-corrected chi connectivity index (χ4v) is 3.64. The van der Waals surface area contributed by atoms with Crippen LogP contribution < -0.4 is 16.0 Å². The lowest BCUT2D eigenvalue weighted by Crippen LogP contribution is -2.33. The van der Waals surface area contributed by atoms with Gasteiger partial charge in [-0.3, -0.25) is 14.8 Å². The van der Waals surface area contributed by atoms with E-state index in [9.17, 15) is 9.59 Å². The van der Waals surface area contributed by atoms with E-state index in [4.69, 9.17) is 33.2 Å². The van der Waals surface area contributed by atoms with Crippen molar-refractivity contribution in [2.75, 3.05) is 0 Å². The summed E-state index contributed by atoms with van der Waals surface area (Å²) in [5.74, 6) is 0.698. The summed E-state index contributed by atoms with van der Waals surface area (Å²) in [5, 5.41) is 13.9. The predicted octanol–water partition coefficient (Wildman–Crippen LogP) is 4.00. The van der Waals surface area contributed by atoms with Crippen molar-refractivity contribution in [3.63, 3.8) is 0 Å². The molecule has 2 aromatic carbocycles. The third kappa shape index (κ3) is 3.89. The van der Waals surface area contributed by atoms with E-state index >= 15 is 0 Å². The summed E-state index contributed by atoms with van der Waals surface area (Å²) >= 11 is 12.7. The van der Waals surface area contributed by atoms with Gasteiger partial charge in [0.25, 0.3) is 5.56 Å². The van der Waals surface area contributed by atoms with Crippen LogP contribution in [0.15, 0.2) is 52.2 Å². The van der Waals surface area contributed by atoms with Gasteiger partial charge in [0.2, 0.25) is 5.69 Å². The zero-order valence-electron chi connectivity index (χ0n) is 16.0. The molecule has 0 spiro atoms. The van der Waals surface area contributed by atoms with Crippen molar-refractivity contribution in [2.45, 2.75) is 13.3 Å². The first-order valence-corrected chi connectivity index (χ1v) is 9.85. The molecule has 0 fully saturated rings. The highest BCUT2D eigenvalue weighted by Gasteiger charge is 2.15. The van der Waals surface area contributed by atoms with Crippen molar-refractivity contribution in [3.8, 4) is 23.3 Å². The molecule has 10 heteroatoms. The number of halogens is 2. The van der Waals surface area contributed by atoms with Gasteiger partial charge in [-0.25, -0.2) is 4.79 Å². The van der Waals surface area contributed by atoms with E-state index in [1.807, 2.05) is 23.2 Å². The Morgan fingerprint density at radius 3 is 2.58 bits per heavy atom. The van der Waals surface area contributed by atoms with E-state index in [0.717, 1.165) is 27.6 Å². The van der Waals surface area contributed by atoms with E-state index in [1.54, 1.807) is 18.3 Å². The van der Waals surface area contributed by atoms with Gasteiger partial charge in [0.1, 0.15) is 11.8 Å². The number of aromatic nitrogens is 4. The number of hydrogen-bond acceptors (Lipinski definition) is 6. The molecular weight excluding hydrogens is 441 g/mol. The number of pyridine rings is 1. The molecule has 0 radical (unpaired) electrons. The van der Waals surface area contributed by atoms with E-state index in [-0.39, 0.29) is 21.5 Å². The molecule has 0 aliphatic carbocycles. The average Bonchev–Trinajstić information content (AvgIpc) is 2.75. The Hall–Kier alpha value is -3.67. The summed E-state index contributed by atoms with van der Waals surface area (Å²) in [7, 11) is 0. The highest BCUT2D eigenvalue weighted by molar-refractivity contribution is 6.37. The number of nitrogens with one attached hydrogen (secondary N) is 1.